The molecule has 0 bridgehead atoms. The number of ether oxygens (including phenoxy) is 2. The van der Waals surface area contributed by atoms with E-state index in [1.807, 2.05) is 0 Å². The number of esters is 1. The number of carbonyl (C=O) groups is 3. The first-order valence-corrected chi connectivity index (χ1v) is 10.8. The summed E-state index contributed by atoms with van der Waals surface area (Å²) in [5.74, 6) is -1.46. The standard InChI is InChI=1S/C25H28FNO5/c1-3-18(13-28)20(4-2)24(29)27-12-19-10-11-21(31-14-17-8-9-17)23(26)22(19)25(30)32-15-16-6-5-7-16/h3-4,10-11,13,16-17H,1-2,5-9,12,14-15H2,(H,27,29)/b20-18-. The number of aldehydes is 1. The van der Waals surface area contributed by atoms with Crippen molar-refractivity contribution in [1.82, 2.24) is 5.32 Å². The summed E-state index contributed by atoms with van der Waals surface area (Å²) in [4.78, 5) is 36.4. The smallest absolute Gasteiger partial charge is 0.341 e. The Bertz CT molecular complexity index is 934. The SMILES string of the molecule is C=C/C(C=O)=C(\C=C)C(=O)NCc1ccc(OCC2CC2)c(F)c1C(=O)OCC1CCC1. The van der Waals surface area contributed by atoms with Crippen molar-refractivity contribution in [2.75, 3.05) is 13.2 Å². The van der Waals surface area contributed by atoms with Crippen molar-refractivity contribution < 1.29 is 28.2 Å². The molecular formula is C25H28FNO5. The third-order valence-electron chi connectivity index (χ3n) is 5.79. The first kappa shape index (κ1) is 23.4. The number of benzene rings is 1. The number of carbonyl (C=O) groups excluding carboxylic acids is 3. The summed E-state index contributed by atoms with van der Waals surface area (Å²) in [5.41, 5.74) is 0.117. The molecular weight excluding hydrogens is 413 g/mol. The zero-order chi connectivity index (χ0) is 23.1. The number of amides is 1. The third-order valence-corrected chi connectivity index (χ3v) is 5.79. The highest BCUT2D eigenvalue weighted by molar-refractivity contribution is 6.02. The van der Waals surface area contributed by atoms with Crippen LogP contribution in [0.25, 0.3) is 0 Å². The average Bonchev–Trinajstić information content (AvgIpc) is 3.58. The molecule has 1 aromatic rings. The Kier molecular flexibility index (Phi) is 7.98. The van der Waals surface area contributed by atoms with Crippen LogP contribution in [0.2, 0.25) is 0 Å². The van der Waals surface area contributed by atoms with Gasteiger partial charge in [0.15, 0.2) is 17.9 Å². The molecule has 0 aliphatic heterocycles. The molecule has 0 radical (unpaired) electrons. The van der Waals surface area contributed by atoms with Crippen LogP contribution >= 0.6 is 0 Å². The maximum absolute atomic E-state index is 15.2. The van der Waals surface area contributed by atoms with Gasteiger partial charge in [0, 0.05) is 17.7 Å². The topological polar surface area (TPSA) is 81.7 Å². The average molecular weight is 441 g/mol. The summed E-state index contributed by atoms with van der Waals surface area (Å²) >= 11 is 0. The lowest BCUT2D eigenvalue weighted by Crippen LogP contribution is -2.27. The van der Waals surface area contributed by atoms with Gasteiger partial charge in [-0.25, -0.2) is 9.18 Å². The normalized spacial score (nSPS) is 16.3. The molecule has 170 valence electrons. The van der Waals surface area contributed by atoms with Gasteiger partial charge in [-0.1, -0.05) is 37.8 Å². The van der Waals surface area contributed by atoms with E-state index in [1.54, 1.807) is 0 Å². The second-order valence-corrected chi connectivity index (χ2v) is 8.14. The summed E-state index contributed by atoms with van der Waals surface area (Å²) in [6.07, 6.45) is 8.17. The van der Waals surface area contributed by atoms with Gasteiger partial charge in [-0.2, -0.15) is 0 Å². The first-order valence-electron chi connectivity index (χ1n) is 10.8. The molecule has 2 aliphatic rings. The van der Waals surface area contributed by atoms with Crippen molar-refractivity contribution in [1.29, 1.82) is 0 Å². The minimum absolute atomic E-state index is 0.0101. The minimum atomic E-state index is -0.796. The molecule has 0 saturated heterocycles. The highest BCUT2D eigenvalue weighted by Gasteiger charge is 2.27. The van der Waals surface area contributed by atoms with Crippen LogP contribution in [-0.4, -0.2) is 31.4 Å². The van der Waals surface area contributed by atoms with E-state index in [0.29, 0.717) is 24.7 Å². The van der Waals surface area contributed by atoms with E-state index >= 15 is 4.39 Å². The predicted octanol–water partition coefficient (Wildman–Crippen LogP) is 4.06. The number of hydrogen-bond donors (Lipinski definition) is 1. The second kappa shape index (κ2) is 10.9. The highest BCUT2D eigenvalue weighted by atomic mass is 19.1. The van der Waals surface area contributed by atoms with Crippen molar-refractivity contribution in [2.45, 2.75) is 38.6 Å². The number of hydrogen-bond acceptors (Lipinski definition) is 5. The van der Waals surface area contributed by atoms with Crippen LogP contribution in [0.4, 0.5) is 4.39 Å². The zero-order valence-electron chi connectivity index (χ0n) is 18.0. The minimum Gasteiger partial charge on any atom is -0.490 e. The van der Waals surface area contributed by atoms with E-state index in [9.17, 15) is 14.4 Å². The van der Waals surface area contributed by atoms with Gasteiger partial charge in [0.2, 0.25) is 0 Å². The molecule has 6 nitrogen and oxygen atoms in total. The quantitative estimate of drug-likeness (QED) is 0.229. The highest BCUT2D eigenvalue weighted by Crippen LogP contribution is 2.32. The number of halogens is 1. The Morgan fingerprint density at radius 2 is 1.81 bits per heavy atom. The molecule has 3 rings (SSSR count). The van der Waals surface area contributed by atoms with Crippen molar-refractivity contribution in [3.63, 3.8) is 0 Å². The van der Waals surface area contributed by atoms with Gasteiger partial charge in [-0.05, 0) is 49.1 Å². The van der Waals surface area contributed by atoms with E-state index < -0.39 is 17.7 Å². The molecule has 7 heteroatoms. The lowest BCUT2D eigenvalue weighted by molar-refractivity contribution is -0.117. The summed E-state index contributed by atoms with van der Waals surface area (Å²) < 4.78 is 26.2. The van der Waals surface area contributed by atoms with Gasteiger partial charge in [0.1, 0.15) is 5.56 Å². The van der Waals surface area contributed by atoms with Gasteiger partial charge in [-0.3, -0.25) is 9.59 Å². The van der Waals surface area contributed by atoms with E-state index in [-0.39, 0.29) is 41.2 Å². The molecule has 2 saturated carbocycles. The van der Waals surface area contributed by atoms with Crippen LogP contribution in [0.5, 0.6) is 5.75 Å². The summed E-state index contributed by atoms with van der Waals surface area (Å²) in [6.45, 7) is 7.53. The Hall–Kier alpha value is -3.22. The second-order valence-electron chi connectivity index (χ2n) is 8.14. The van der Waals surface area contributed by atoms with E-state index in [0.717, 1.165) is 32.1 Å². The van der Waals surface area contributed by atoms with Crippen LogP contribution in [0, 0.1) is 17.7 Å². The van der Waals surface area contributed by atoms with Gasteiger partial charge < -0.3 is 14.8 Å². The fourth-order valence-corrected chi connectivity index (χ4v) is 3.33. The zero-order valence-corrected chi connectivity index (χ0v) is 18.0. The fourth-order valence-electron chi connectivity index (χ4n) is 3.33. The fraction of sp³-hybridized carbons (Fsp3) is 0.400. The molecule has 0 unspecified atom stereocenters. The number of nitrogens with one attached hydrogen (secondary N) is 1. The van der Waals surface area contributed by atoms with Gasteiger partial charge in [0.25, 0.3) is 5.91 Å². The largest absolute Gasteiger partial charge is 0.490 e. The van der Waals surface area contributed by atoms with Crippen LogP contribution < -0.4 is 10.1 Å². The predicted molar refractivity (Wildman–Crippen MR) is 118 cm³/mol. The molecule has 32 heavy (non-hydrogen) atoms. The Labute approximate surface area is 187 Å². The summed E-state index contributed by atoms with van der Waals surface area (Å²) in [6, 6.07) is 2.99. The Balaban J connectivity index is 1.79. The molecule has 2 fully saturated rings. The molecule has 0 heterocycles. The van der Waals surface area contributed by atoms with Crippen molar-refractivity contribution in [3.05, 3.63) is 65.5 Å². The van der Waals surface area contributed by atoms with Gasteiger partial charge >= 0.3 is 5.97 Å². The lowest BCUT2D eigenvalue weighted by atomic mass is 9.86. The Morgan fingerprint density at radius 1 is 1.09 bits per heavy atom. The molecule has 1 N–H and O–H groups in total. The third kappa shape index (κ3) is 5.72. The monoisotopic (exact) mass is 441 g/mol. The van der Waals surface area contributed by atoms with E-state index in [1.165, 1.54) is 24.3 Å². The maximum atomic E-state index is 15.2. The molecule has 1 amide bonds. The lowest BCUT2D eigenvalue weighted by Gasteiger charge is -2.25. The van der Waals surface area contributed by atoms with Crippen molar-refractivity contribution in [3.8, 4) is 5.75 Å². The Morgan fingerprint density at radius 3 is 2.38 bits per heavy atom. The van der Waals surface area contributed by atoms with Crippen LogP contribution in [0.3, 0.4) is 0 Å². The molecule has 1 aromatic carbocycles. The summed E-state index contributed by atoms with van der Waals surface area (Å²) in [5, 5.41) is 2.60. The molecule has 0 aromatic heterocycles. The van der Waals surface area contributed by atoms with Crippen LogP contribution in [0.1, 0.15) is 48.0 Å². The van der Waals surface area contributed by atoms with Gasteiger partial charge in [-0.15, -0.1) is 0 Å². The number of rotatable bonds is 12. The van der Waals surface area contributed by atoms with Crippen molar-refractivity contribution in [2.24, 2.45) is 11.8 Å². The maximum Gasteiger partial charge on any atom is 0.341 e. The summed E-state index contributed by atoms with van der Waals surface area (Å²) in [7, 11) is 0. The van der Waals surface area contributed by atoms with Gasteiger partial charge in [0.05, 0.1) is 13.2 Å². The van der Waals surface area contributed by atoms with E-state index in [4.69, 9.17) is 9.47 Å². The molecule has 0 atom stereocenters. The number of allylic oxidation sites excluding steroid dienone is 2. The first-order chi connectivity index (χ1) is 15.5. The molecule has 0 spiro atoms. The van der Waals surface area contributed by atoms with Crippen LogP contribution in [0.15, 0.2) is 48.6 Å². The molecule has 2 aliphatic carbocycles. The van der Waals surface area contributed by atoms with Crippen molar-refractivity contribution >= 4 is 18.2 Å². The van der Waals surface area contributed by atoms with E-state index in [2.05, 4.69) is 18.5 Å². The van der Waals surface area contributed by atoms with Crippen LogP contribution in [-0.2, 0) is 20.9 Å².